The van der Waals surface area contributed by atoms with E-state index in [2.05, 4.69) is 5.10 Å². The van der Waals surface area contributed by atoms with Gasteiger partial charge in [-0.05, 0) is 61.4 Å². The van der Waals surface area contributed by atoms with Gasteiger partial charge in [0.05, 0.1) is 12.7 Å². The number of alkyl halides is 3. The van der Waals surface area contributed by atoms with Crippen molar-refractivity contribution in [2.75, 3.05) is 7.11 Å². The number of rotatable bonds is 5. The van der Waals surface area contributed by atoms with Crippen LogP contribution in [0.5, 0.6) is 5.75 Å². The number of benzene rings is 1. The quantitative estimate of drug-likeness (QED) is 0.583. The largest absolute Gasteiger partial charge is 0.497 e. The van der Waals surface area contributed by atoms with E-state index in [1.54, 1.807) is 6.92 Å². The number of methoxy groups -OCH3 is 1. The Bertz CT molecular complexity index is 1170. The first-order valence-electron chi connectivity index (χ1n) is 10.0. The van der Waals surface area contributed by atoms with E-state index in [0.717, 1.165) is 24.5 Å². The van der Waals surface area contributed by atoms with Crippen LogP contribution in [0.2, 0.25) is 0 Å². The van der Waals surface area contributed by atoms with E-state index in [0.29, 0.717) is 17.8 Å². The number of aryl methyl sites for hydroxylation is 1. The number of hydrogen-bond donors (Lipinski definition) is 0. The minimum absolute atomic E-state index is 0.0309. The van der Waals surface area contributed by atoms with Gasteiger partial charge in [-0.2, -0.15) is 13.2 Å². The van der Waals surface area contributed by atoms with Crippen LogP contribution in [0, 0.1) is 12.8 Å². The molecule has 0 spiro atoms. The van der Waals surface area contributed by atoms with Crippen molar-refractivity contribution in [2.45, 2.75) is 52.3 Å². The van der Waals surface area contributed by atoms with Crippen LogP contribution >= 0.6 is 0 Å². The maximum Gasteiger partial charge on any atom is 0.417 e. The van der Waals surface area contributed by atoms with Gasteiger partial charge in [0.2, 0.25) is 0 Å². The van der Waals surface area contributed by atoms with Crippen LogP contribution in [-0.4, -0.2) is 21.3 Å². The zero-order valence-electron chi connectivity index (χ0n) is 17.4. The molecule has 5 nitrogen and oxygen atoms in total. The molecule has 3 aromatic rings. The van der Waals surface area contributed by atoms with E-state index in [1.165, 1.54) is 28.3 Å². The van der Waals surface area contributed by atoms with Crippen LogP contribution in [-0.2, 0) is 12.7 Å². The fourth-order valence-electron chi connectivity index (χ4n) is 3.82. The molecule has 1 fully saturated rings. The van der Waals surface area contributed by atoms with Crippen molar-refractivity contribution in [3.05, 3.63) is 51.4 Å². The SMILES string of the molecule is COc1ccc(-c2nn3c(C)cc(C(C)C)c3c(=O)n2CC2CC2)c(C(F)(F)F)c1. The molecule has 0 N–H and O–H groups in total. The van der Waals surface area contributed by atoms with Crippen LogP contribution in [0.15, 0.2) is 29.1 Å². The van der Waals surface area contributed by atoms with Crippen molar-refractivity contribution in [2.24, 2.45) is 5.92 Å². The second-order valence-electron chi connectivity index (χ2n) is 8.25. The molecule has 1 aliphatic carbocycles. The second-order valence-corrected chi connectivity index (χ2v) is 8.25. The van der Waals surface area contributed by atoms with Gasteiger partial charge in [-0.15, -0.1) is 5.10 Å². The van der Waals surface area contributed by atoms with Gasteiger partial charge in [-0.1, -0.05) is 13.8 Å². The summed E-state index contributed by atoms with van der Waals surface area (Å²) in [6.45, 7) is 6.14. The van der Waals surface area contributed by atoms with Crippen LogP contribution in [0.25, 0.3) is 16.9 Å². The van der Waals surface area contributed by atoms with Crippen molar-refractivity contribution in [3.8, 4) is 17.1 Å². The van der Waals surface area contributed by atoms with Gasteiger partial charge in [0.25, 0.3) is 5.56 Å². The number of nitrogens with zero attached hydrogens (tertiary/aromatic N) is 3. The Morgan fingerprint density at radius 1 is 1.23 bits per heavy atom. The maximum atomic E-state index is 13.9. The fourth-order valence-corrected chi connectivity index (χ4v) is 3.82. The topological polar surface area (TPSA) is 48.5 Å². The molecule has 0 atom stereocenters. The van der Waals surface area contributed by atoms with Crippen LogP contribution < -0.4 is 10.3 Å². The third-order valence-electron chi connectivity index (χ3n) is 5.61. The van der Waals surface area contributed by atoms with Gasteiger partial charge in [0.15, 0.2) is 5.82 Å². The normalized spacial score (nSPS) is 14.7. The van der Waals surface area contributed by atoms with Crippen molar-refractivity contribution in [1.29, 1.82) is 0 Å². The van der Waals surface area contributed by atoms with Crippen LogP contribution in [0.3, 0.4) is 0 Å². The van der Waals surface area contributed by atoms with E-state index in [9.17, 15) is 18.0 Å². The fraction of sp³-hybridized carbons (Fsp3) is 0.455. The van der Waals surface area contributed by atoms with Gasteiger partial charge in [0, 0.05) is 17.8 Å². The Kier molecular flexibility index (Phi) is 4.91. The molecule has 1 saturated carbocycles. The zero-order valence-corrected chi connectivity index (χ0v) is 17.4. The van der Waals surface area contributed by atoms with Crippen molar-refractivity contribution < 1.29 is 17.9 Å². The average molecular weight is 419 g/mol. The summed E-state index contributed by atoms with van der Waals surface area (Å²) in [4.78, 5) is 13.5. The molecule has 0 aliphatic heterocycles. The van der Waals surface area contributed by atoms with Crippen molar-refractivity contribution in [3.63, 3.8) is 0 Å². The molecule has 30 heavy (non-hydrogen) atoms. The Hall–Kier alpha value is -2.77. The highest BCUT2D eigenvalue weighted by atomic mass is 19.4. The summed E-state index contributed by atoms with van der Waals surface area (Å²) in [6, 6.07) is 5.64. The summed E-state index contributed by atoms with van der Waals surface area (Å²) >= 11 is 0. The van der Waals surface area contributed by atoms with E-state index in [1.807, 2.05) is 19.9 Å². The van der Waals surface area contributed by atoms with Gasteiger partial charge in [-0.25, -0.2) is 4.52 Å². The molecule has 0 saturated heterocycles. The van der Waals surface area contributed by atoms with Crippen LogP contribution in [0.4, 0.5) is 13.2 Å². The predicted molar refractivity (Wildman–Crippen MR) is 108 cm³/mol. The number of halogens is 3. The minimum atomic E-state index is -4.62. The van der Waals surface area contributed by atoms with Crippen molar-refractivity contribution >= 4 is 5.52 Å². The molecule has 0 amide bonds. The summed E-state index contributed by atoms with van der Waals surface area (Å²) in [5.74, 6) is 0.512. The Morgan fingerprint density at radius 3 is 2.50 bits per heavy atom. The van der Waals surface area contributed by atoms with Crippen LogP contribution in [0.1, 0.15) is 49.4 Å². The summed E-state index contributed by atoms with van der Waals surface area (Å²) in [5.41, 5.74) is 0.717. The van der Waals surface area contributed by atoms with Gasteiger partial charge < -0.3 is 4.74 Å². The zero-order chi connectivity index (χ0) is 21.8. The Morgan fingerprint density at radius 2 is 1.93 bits per heavy atom. The number of aromatic nitrogens is 3. The molecular weight excluding hydrogens is 395 g/mol. The summed E-state index contributed by atoms with van der Waals surface area (Å²) in [5, 5.41) is 4.56. The molecule has 2 heterocycles. The summed E-state index contributed by atoms with van der Waals surface area (Å²) in [7, 11) is 1.32. The monoisotopic (exact) mass is 419 g/mol. The van der Waals surface area contributed by atoms with E-state index in [4.69, 9.17) is 4.74 Å². The lowest BCUT2D eigenvalue weighted by Crippen LogP contribution is -2.28. The molecule has 1 aromatic carbocycles. The molecule has 8 heteroatoms. The van der Waals surface area contributed by atoms with E-state index >= 15 is 0 Å². The highest BCUT2D eigenvalue weighted by Gasteiger charge is 2.36. The highest BCUT2D eigenvalue weighted by Crippen LogP contribution is 2.39. The minimum Gasteiger partial charge on any atom is -0.497 e. The standard InChI is InChI=1S/C22H24F3N3O2/c1-12(2)17-9-13(3)28-19(17)21(29)27(11-14-5-6-14)20(26-28)16-8-7-15(30-4)10-18(16)22(23,24)25/h7-10,12,14H,5-6,11H2,1-4H3. The molecule has 2 aromatic heterocycles. The lowest BCUT2D eigenvalue weighted by Gasteiger charge is -2.18. The third-order valence-corrected chi connectivity index (χ3v) is 5.61. The Labute approximate surface area is 172 Å². The first kappa shape index (κ1) is 20.5. The van der Waals surface area contributed by atoms with Gasteiger partial charge in [-0.3, -0.25) is 9.36 Å². The molecule has 160 valence electrons. The first-order valence-corrected chi connectivity index (χ1v) is 10.0. The molecular formula is C22H24F3N3O2. The molecule has 0 radical (unpaired) electrons. The van der Waals surface area contributed by atoms with Crippen molar-refractivity contribution in [1.82, 2.24) is 14.2 Å². The smallest absolute Gasteiger partial charge is 0.417 e. The molecule has 0 bridgehead atoms. The third kappa shape index (κ3) is 3.48. The number of fused-ring (bicyclic) bond motifs is 1. The van der Waals surface area contributed by atoms with E-state index in [-0.39, 0.29) is 34.5 Å². The maximum absolute atomic E-state index is 13.9. The Balaban J connectivity index is 2.06. The molecule has 1 aliphatic rings. The first-order chi connectivity index (χ1) is 14.1. The van der Waals surface area contributed by atoms with Gasteiger partial charge >= 0.3 is 6.18 Å². The summed E-state index contributed by atoms with van der Waals surface area (Å²) in [6.07, 6.45) is -2.69. The lowest BCUT2D eigenvalue weighted by atomic mass is 10.0. The second kappa shape index (κ2) is 7.18. The highest BCUT2D eigenvalue weighted by molar-refractivity contribution is 5.66. The molecule has 0 unspecified atom stereocenters. The average Bonchev–Trinajstić information content (AvgIpc) is 3.44. The molecule has 4 rings (SSSR count). The number of ether oxygens (including phenoxy) is 1. The van der Waals surface area contributed by atoms with Gasteiger partial charge in [0.1, 0.15) is 11.3 Å². The predicted octanol–water partition coefficient (Wildman–Crippen LogP) is 5.03. The lowest BCUT2D eigenvalue weighted by molar-refractivity contribution is -0.137. The van der Waals surface area contributed by atoms with E-state index < -0.39 is 11.7 Å². The summed E-state index contributed by atoms with van der Waals surface area (Å²) < 4.78 is 49.6. The number of hydrogen-bond acceptors (Lipinski definition) is 3.